The van der Waals surface area contributed by atoms with E-state index in [4.69, 9.17) is 5.26 Å². The van der Waals surface area contributed by atoms with Gasteiger partial charge in [0, 0.05) is 18.8 Å². The fraction of sp³-hybridized carbons (Fsp3) is 0.250. The van der Waals surface area contributed by atoms with Crippen LogP contribution in [0, 0.1) is 25.2 Å². The van der Waals surface area contributed by atoms with Crippen molar-refractivity contribution >= 4 is 17.8 Å². The molecule has 25 heavy (non-hydrogen) atoms. The van der Waals surface area contributed by atoms with E-state index in [0.717, 1.165) is 24.3 Å². The van der Waals surface area contributed by atoms with Crippen LogP contribution < -0.4 is 10.3 Å². The second kappa shape index (κ2) is 7.18. The molecule has 2 aromatic rings. The molecular weight excluding hydrogens is 312 g/mol. The molecule has 2 aromatic carbocycles. The van der Waals surface area contributed by atoms with Crippen molar-refractivity contribution in [2.24, 2.45) is 5.10 Å². The quantitative estimate of drug-likeness (QED) is 0.690. The summed E-state index contributed by atoms with van der Waals surface area (Å²) in [5.74, 6) is -0.407. The number of nitriles is 1. The maximum atomic E-state index is 11.2. The van der Waals surface area contributed by atoms with Gasteiger partial charge in [0.05, 0.1) is 12.3 Å². The monoisotopic (exact) mass is 332 g/mol. The Labute approximate surface area is 147 Å². The standard InChI is InChI=1S/C20H20N4O/c1-14-9-17-12-24(13-18(17)10-15(14)2)19-5-3-16(4-6-19)11-22-23-20(25)7-8-21/h3-6,9-11H,7,12-13H2,1-2H3,(H,23,25). The summed E-state index contributed by atoms with van der Waals surface area (Å²) in [5, 5.41) is 12.3. The Kier molecular flexibility index (Phi) is 4.80. The molecule has 1 heterocycles. The second-order valence-electron chi connectivity index (χ2n) is 6.28. The molecule has 0 fully saturated rings. The van der Waals surface area contributed by atoms with Crippen molar-refractivity contribution in [3.8, 4) is 6.07 Å². The lowest BCUT2D eigenvalue weighted by atomic mass is 10.0. The van der Waals surface area contributed by atoms with Gasteiger partial charge in [-0.3, -0.25) is 4.79 Å². The molecule has 126 valence electrons. The molecule has 0 saturated heterocycles. The smallest absolute Gasteiger partial charge is 0.254 e. The summed E-state index contributed by atoms with van der Waals surface area (Å²) >= 11 is 0. The third-order valence-electron chi connectivity index (χ3n) is 4.44. The normalized spacial score (nSPS) is 12.9. The Balaban J connectivity index is 1.65. The van der Waals surface area contributed by atoms with Gasteiger partial charge in [-0.25, -0.2) is 5.43 Å². The predicted molar refractivity (Wildman–Crippen MR) is 98.2 cm³/mol. The number of aryl methyl sites for hydroxylation is 2. The van der Waals surface area contributed by atoms with Crippen molar-refractivity contribution in [3.05, 3.63) is 64.2 Å². The third-order valence-corrected chi connectivity index (χ3v) is 4.44. The molecular formula is C20H20N4O. The minimum absolute atomic E-state index is 0.190. The zero-order valence-corrected chi connectivity index (χ0v) is 14.4. The van der Waals surface area contributed by atoms with E-state index in [2.05, 4.69) is 53.5 Å². The van der Waals surface area contributed by atoms with Crippen molar-refractivity contribution in [1.29, 1.82) is 5.26 Å². The summed E-state index contributed by atoms with van der Waals surface area (Å²) < 4.78 is 0. The van der Waals surface area contributed by atoms with Crippen LogP contribution >= 0.6 is 0 Å². The summed E-state index contributed by atoms with van der Waals surface area (Å²) in [5.41, 5.74) is 9.85. The Morgan fingerprint density at radius 2 is 1.80 bits per heavy atom. The van der Waals surface area contributed by atoms with E-state index in [1.54, 1.807) is 12.3 Å². The molecule has 1 amide bonds. The number of carbonyl (C=O) groups is 1. The van der Waals surface area contributed by atoms with E-state index < -0.39 is 5.91 Å². The van der Waals surface area contributed by atoms with E-state index in [0.29, 0.717) is 0 Å². The lowest BCUT2D eigenvalue weighted by molar-refractivity contribution is -0.120. The van der Waals surface area contributed by atoms with Crippen molar-refractivity contribution in [1.82, 2.24) is 5.43 Å². The summed E-state index contributed by atoms with van der Waals surface area (Å²) in [7, 11) is 0. The Bertz CT molecular complexity index is 832. The van der Waals surface area contributed by atoms with E-state index >= 15 is 0 Å². The van der Waals surface area contributed by atoms with Gasteiger partial charge in [-0.15, -0.1) is 0 Å². The maximum Gasteiger partial charge on any atom is 0.254 e. The number of anilines is 1. The molecule has 0 atom stereocenters. The molecule has 1 aliphatic rings. The molecule has 5 nitrogen and oxygen atoms in total. The number of hydrazone groups is 1. The summed E-state index contributed by atoms with van der Waals surface area (Å²) in [6.45, 7) is 6.16. The topological polar surface area (TPSA) is 68.5 Å². The number of hydrogen-bond donors (Lipinski definition) is 1. The molecule has 3 rings (SSSR count). The summed E-state index contributed by atoms with van der Waals surface area (Å²) in [4.78, 5) is 13.5. The molecule has 0 aliphatic carbocycles. The molecule has 0 unspecified atom stereocenters. The molecule has 1 N–H and O–H groups in total. The fourth-order valence-corrected chi connectivity index (χ4v) is 2.94. The van der Waals surface area contributed by atoms with Crippen LogP contribution in [-0.4, -0.2) is 12.1 Å². The van der Waals surface area contributed by atoms with Gasteiger partial charge in [0.25, 0.3) is 5.91 Å². The maximum absolute atomic E-state index is 11.2. The molecule has 1 aliphatic heterocycles. The largest absolute Gasteiger partial charge is 0.363 e. The van der Waals surface area contributed by atoms with Gasteiger partial charge < -0.3 is 4.90 Å². The lowest BCUT2D eigenvalue weighted by Gasteiger charge is -2.17. The highest BCUT2D eigenvalue weighted by Crippen LogP contribution is 2.30. The Morgan fingerprint density at radius 1 is 1.20 bits per heavy atom. The van der Waals surface area contributed by atoms with Crippen molar-refractivity contribution in [2.45, 2.75) is 33.4 Å². The Morgan fingerprint density at radius 3 is 2.36 bits per heavy atom. The van der Waals surface area contributed by atoms with Gasteiger partial charge in [0.15, 0.2) is 0 Å². The number of benzene rings is 2. The zero-order valence-electron chi connectivity index (χ0n) is 14.4. The van der Waals surface area contributed by atoms with Crippen LogP contribution in [0.15, 0.2) is 41.5 Å². The minimum Gasteiger partial charge on any atom is -0.363 e. The Hall–Kier alpha value is -3.13. The average Bonchev–Trinajstić information content (AvgIpc) is 2.99. The second-order valence-corrected chi connectivity index (χ2v) is 6.28. The minimum atomic E-state index is -0.407. The van der Waals surface area contributed by atoms with Crippen molar-refractivity contribution in [3.63, 3.8) is 0 Å². The molecule has 0 radical (unpaired) electrons. The van der Waals surface area contributed by atoms with Gasteiger partial charge in [-0.05, 0) is 53.8 Å². The van der Waals surface area contributed by atoms with Crippen LogP contribution in [0.1, 0.15) is 34.2 Å². The van der Waals surface area contributed by atoms with Gasteiger partial charge in [-0.1, -0.05) is 24.3 Å². The number of hydrogen-bond acceptors (Lipinski definition) is 4. The van der Waals surface area contributed by atoms with Crippen molar-refractivity contribution in [2.75, 3.05) is 4.90 Å². The fourth-order valence-electron chi connectivity index (χ4n) is 2.94. The number of amides is 1. The van der Waals surface area contributed by atoms with Gasteiger partial charge >= 0.3 is 0 Å². The van der Waals surface area contributed by atoms with Gasteiger partial charge in [-0.2, -0.15) is 10.4 Å². The first-order chi connectivity index (χ1) is 12.1. The van der Waals surface area contributed by atoms with E-state index in [-0.39, 0.29) is 6.42 Å². The first-order valence-corrected chi connectivity index (χ1v) is 8.19. The van der Waals surface area contributed by atoms with Crippen LogP contribution in [0.4, 0.5) is 5.69 Å². The average molecular weight is 332 g/mol. The summed E-state index contributed by atoms with van der Waals surface area (Å²) in [6, 6.07) is 14.4. The number of fused-ring (bicyclic) bond motifs is 1. The van der Waals surface area contributed by atoms with Crippen molar-refractivity contribution < 1.29 is 4.79 Å². The highest BCUT2D eigenvalue weighted by Gasteiger charge is 2.19. The highest BCUT2D eigenvalue weighted by atomic mass is 16.2. The first kappa shape index (κ1) is 16.7. The lowest BCUT2D eigenvalue weighted by Crippen LogP contribution is -2.16. The van der Waals surface area contributed by atoms with E-state index in [1.165, 1.54) is 22.3 Å². The highest BCUT2D eigenvalue weighted by molar-refractivity contribution is 5.83. The number of carbonyl (C=O) groups excluding carboxylic acids is 1. The SMILES string of the molecule is Cc1cc2c(cc1C)CN(c1ccc(C=NNC(=O)CC#N)cc1)C2. The van der Waals surface area contributed by atoms with E-state index in [9.17, 15) is 4.79 Å². The van der Waals surface area contributed by atoms with Crippen LogP contribution in [0.5, 0.6) is 0 Å². The number of nitrogens with one attached hydrogen (secondary N) is 1. The van der Waals surface area contributed by atoms with Crippen LogP contribution in [0.2, 0.25) is 0 Å². The predicted octanol–water partition coefficient (Wildman–Crippen LogP) is 3.19. The third kappa shape index (κ3) is 3.86. The van der Waals surface area contributed by atoms with Gasteiger partial charge in [0.2, 0.25) is 0 Å². The molecule has 0 bridgehead atoms. The molecule has 0 saturated carbocycles. The first-order valence-electron chi connectivity index (χ1n) is 8.19. The van der Waals surface area contributed by atoms with Crippen LogP contribution in [-0.2, 0) is 17.9 Å². The zero-order chi connectivity index (χ0) is 17.8. The van der Waals surface area contributed by atoms with E-state index in [1.807, 2.05) is 12.1 Å². The number of rotatable bonds is 4. The van der Waals surface area contributed by atoms with Crippen LogP contribution in [0.25, 0.3) is 0 Å². The number of nitrogens with zero attached hydrogens (tertiary/aromatic N) is 3. The van der Waals surface area contributed by atoms with Crippen LogP contribution in [0.3, 0.4) is 0 Å². The van der Waals surface area contributed by atoms with Gasteiger partial charge in [0.1, 0.15) is 6.42 Å². The molecule has 0 spiro atoms. The molecule has 0 aromatic heterocycles. The summed E-state index contributed by atoms with van der Waals surface area (Å²) in [6.07, 6.45) is 1.38. The molecule has 5 heteroatoms.